The third kappa shape index (κ3) is 5.74. The van der Waals surface area contributed by atoms with Gasteiger partial charge in [0.05, 0.1) is 6.04 Å². The Balaban J connectivity index is 2.37. The number of hydrogen-bond acceptors (Lipinski definition) is 3. The van der Waals surface area contributed by atoms with Crippen LogP contribution >= 0.6 is 11.3 Å². The Labute approximate surface area is 120 Å². The van der Waals surface area contributed by atoms with Gasteiger partial charge in [-0.05, 0) is 45.7 Å². The first kappa shape index (κ1) is 16.2. The smallest absolute Gasteiger partial charge is 0.223 e. The second-order valence-corrected chi connectivity index (χ2v) is 6.81. The molecule has 1 heterocycles. The molecule has 1 amide bonds. The number of carbonyl (C=O) groups is 1. The van der Waals surface area contributed by atoms with E-state index in [9.17, 15) is 4.79 Å². The normalized spacial score (nSPS) is 15.8. The largest absolute Gasteiger partial charge is 0.349 e. The van der Waals surface area contributed by atoms with Crippen LogP contribution in [0.25, 0.3) is 0 Å². The summed E-state index contributed by atoms with van der Waals surface area (Å²) in [6, 6.07) is 4.51. The second-order valence-electron chi connectivity index (χ2n) is 5.49. The zero-order valence-corrected chi connectivity index (χ0v) is 13.2. The van der Waals surface area contributed by atoms with Crippen LogP contribution in [0.15, 0.2) is 12.1 Å². The van der Waals surface area contributed by atoms with Crippen LogP contribution in [0.1, 0.15) is 55.8 Å². The fourth-order valence-corrected chi connectivity index (χ4v) is 2.87. The van der Waals surface area contributed by atoms with Gasteiger partial charge in [-0.3, -0.25) is 4.79 Å². The van der Waals surface area contributed by atoms with Crippen molar-refractivity contribution >= 4 is 17.2 Å². The Kier molecular flexibility index (Phi) is 6.52. The average molecular weight is 282 g/mol. The van der Waals surface area contributed by atoms with Gasteiger partial charge in [-0.2, -0.15) is 0 Å². The molecule has 1 aromatic rings. The molecule has 1 aromatic heterocycles. The Morgan fingerprint density at radius 1 is 1.32 bits per heavy atom. The number of amides is 1. The van der Waals surface area contributed by atoms with Gasteiger partial charge < -0.3 is 11.1 Å². The van der Waals surface area contributed by atoms with Crippen molar-refractivity contribution in [2.75, 3.05) is 0 Å². The SMILES string of the molecule is Cc1ccc(C(C)NC(=O)C(C)CCCC(C)N)s1. The van der Waals surface area contributed by atoms with E-state index in [0.717, 1.165) is 19.3 Å². The fourth-order valence-electron chi connectivity index (χ4n) is 1.99. The number of thiophene rings is 1. The van der Waals surface area contributed by atoms with Crippen molar-refractivity contribution < 1.29 is 4.79 Å². The van der Waals surface area contributed by atoms with Crippen LogP contribution in [0.2, 0.25) is 0 Å². The molecule has 3 nitrogen and oxygen atoms in total. The summed E-state index contributed by atoms with van der Waals surface area (Å²) in [7, 11) is 0. The summed E-state index contributed by atoms with van der Waals surface area (Å²) < 4.78 is 0. The van der Waals surface area contributed by atoms with E-state index in [0.29, 0.717) is 0 Å². The minimum Gasteiger partial charge on any atom is -0.349 e. The van der Waals surface area contributed by atoms with Crippen molar-refractivity contribution in [3.63, 3.8) is 0 Å². The molecule has 0 radical (unpaired) electrons. The summed E-state index contributed by atoms with van der Waals surface area (Å²) >= 11 is 1.74. The second kappa shape index (κ2) is 7.65. The van der Waals surface area contributed by atoms with Crippen molar-refractivity contribution in [1.29, 1.82) is 0 Å². The van der Waals surface area contributed by atoms with E-state index in [-0.39, 0.29) is 23.9 Å². The van der Waals surface area contributed by atoms with Crippen LogP contribution < -0.4 is 11.1 Å². The van der Waals surface area contributed by atoms with Crippen molar-refractivity contribution in [1.82, 2.24) is 5.32 Å². The highest BCUT2D eigenvalue weighted by Crippen LogP contribution is 2.22. The van der Waals surface area contributed by atoms with E-state index < -0.39 is 0 Å². The number of nitrogens with two attached hydrogens (primary N) is 1. The zero-order valence-electron chi connectivity index (χ0n) is 12.4. The van der Waals surface area contributed by atoms with Gasteiger partial charge in [-0.25, -0.2) is 0 Å². The molecule has 3 unspecified atom stereocenters. The molecule has 0 saturated heterocycles. The highest BCUT2D eigenvalue weighted by atomic mass is 32.1. The van der Waals surface area contributed by atoms with Crippen molar-refractivity contribution in [2.45, 2.75) is 59.0 Å². The number of carbonyl (C=O) groups excluding carboxylic acids is 1. The summed E-state index contributed by atoms with van der Waals surface area (Å²) in [5, 5.41) is 3.09. The van der Waals surface area contributed by atoms with Crippen LogP contribution in [0.3, 0.4) is 0 Å². The van der Waals surface area contributed by atoms with Crippen LogP contribution in [-0.2, 0) is 4.79 Å². The number of aryl methyl sites for hydroxylation is 1. The van der Waals surface area contributed by atoms with Crippen molar-refractivity contribution in [3.05, 3.63) is 21.9 Å². The Morgan fingerprint density at radius 3 is 2.53 bits per heavy atom. The van der Waals surface area contributed by atoms with Gasteiger partial charge >= 0.3 is 0 Å². The lowest BCUT2D eigenvalue weighted by Gasteiger charge is -2.17. The molecular weight excluding hydrogens is 256 g/mol. The van der Waals surface area contributed by atoms with Gasteiger partial charge in [-0.15, -0.1) is 11.3 Å². The quantitative estimate of drug-likeness (QED) is 0.805. The molecule has 1 rings (SSSR count). The first-order chi connectivity index (χ1) is 8.90. The van der Waals surface area contributed by atoms with Crippen LogP contribution in [0.4, 0.5) is 0 Å². The summed E-state index contributed by atoms with van der Waals surface area (Å²) in [5.41, 5.74) is 5.71. The summed E-state index contributed by atoms with van der Waals surface area (Å²) in [5.74, 6) is 0.200. The maximum atomic E-state index is 12.1. The lowest BCUT2D eigenvalue weighted by molar-refractivity contribution is -0.125. The molecule has 3 atom stereocenters. The van der Waals surface area contributed by atoms with E-state index in [1.165, 1.54) is 9.75 Å². The summed E-state index contributed by atoms with van der Waals surface area (Å²) in [4.78, 5) is 14.6. The molecule has 0 aromatic carbocycles. The molecule has 0 bridgehead atoms. The fraction of sp³-hybridized carbons (Fsp3) is 0.667. The van der Waals surface area contributed by atoms with Crippen LogP contribution in [-0.4, -0.2) is 11.9 Å². The highest BCUT2D eigenvalue weighted by molar-refractivity contribution is 7.12. The molecule has 0 aliphatic rings. The van der Waals surface area contributed by atoms with Crippen LogP contribution in [0, 0.1) is 12.8 Å². The lowest BCUT2D eigenvalue weighted by Crippen LogP contribution is -2.31. The monoisotopic (exact) mass is 282 g/mol. The van der Waals surface area contributed by atoms with Gasteiger partial charge in [-0.1, -0.05) is 13.3 Å². The number of rotatable bonds is 7. The molecular formula is C15H26N2OS. The van der Waals surface area contributed by atoms with Crippen molar-refractivity contribution in [2.24, 2.45) is 11.7 Å². The minimum absolute atomic E-state index is 0.0576. The molecule has 4 heteroatoms. The first-order valence-electron chi connectivity index (χ1n) is 7.02. The third-order valence-corrected chi connectivity index (χ3v) is 4.47. The number of nitrogens with one attached hydrogen (secondary N) is 1. The van der Waals surface area contributed by atoms with E-state index >= 15 is 0 Å². The predicted molar refractivity (Wildman–Crippen MR) is 82.3 cm³/mol. The Hall–Kier alpha value is -0.870. The number of hydrogen-bond donors (Lipinski definition) is 2. The molecule has 0 aliphatic heterocycles. The van der Waals surface area contributed by atoms with E-state index in [2.05, 4.69) is 24.4 Å². The Bertz CT molecular complexity index is 401. The molecule has 3 N–H and O–H groups in total. The highest BCUT2D eigenvalue weighted by Gasteiger charge is 2.16. The van der Waals surface area contributed by atoms with Crippen molar-refractivity contribution in [3.8, 4) is 0 Å². The molecule has 0 spiro atoms. The summed E-state index contributed by atoms with van der Waals surface area (Å²) in [6.07, 6.45) is 2.90. The van der Waals surface area contributed by atoms with E-state index in [4.69, 9.17) is 5.73 Å². The molecule has 0 fully saturated rings. The lowest BCUT2D eigenvalue weighted by atomic mass is 10.0. The van der Waals surface area contributed by atoms with Crippen LogP contribution in [0.5, 0.6) is 0 Å². The molecule has 19 heavy (non-hydrogen) atoms. The maximum Gasteiger partial charge on any atom is 0.223 e. The van der Waals surface area contributed by atoms with Gasteiger partial charge in [0.25, 0.3) is 0 Å². The first-order valence-corrected chi connectivity index (χ1v) is 7.84. The zero-order chi connectivity index (χ0) is 14.4. The molecule has 108 valence electrons. The van der Waals surface area contributed by atoms with E-state index in [1.54, 1.807) is 11.3 Å². The maximum absolute atomic E-state index is 12.1. The standard InChI is InChI=1S/C15H26N2OS/c1-10(6-5-7-11(2)16)15(18)17-13(4)14-9-8-12(3)19-14/h8-11,13H,5-7,16H2,1-4H3,(H,17,18). The van der Waals surface area contributed by atoms with Gasteiger partial charge in [0.15, 0.2) is 0 Å². The summed E-state index contributed by atoms with van der Waals surface area (Å²) in [6.45, 7) is 8.12. The third-order valence-electron chi connectivity index (χ3n) is 3.29. The molecule has 0 saturated carbocycles. The Morgan fingerprint density at radius 2 is 2.00 bits per heavy atom. The van der Waals surface area contributed by atoms with Gasteiger partial charge in [0.1, 0.15) is 0 Å². The van der Waals surface area contributed by atoms with Gasteiger partial charge in [0.2, 0.25) is 5.91 Å². The molecule has 0 aliphatic carbocycles. The topological polar surface area (TPSA) is 55.1 Å². The predicted octanol–water partition coefficient (Wildman–Crippen LogP) is 3.39. The van der Waals surface area contributed by atoms with E-state index in [1.807, 2.05) is 20.8 Å². The van der Waals surface area contributed by atoms with Gasteiger partial charge in [0, 0.05) is 21.7 Å². The average Bonchev–Trinajstić information content (AvgIpc) is 2.75. The minimum atomic E-state index is 0.0576.